The summed E-state index contributed by atoms with van der Waals surface area (Å²) in [6.07, 6.45) is -0.335. The van der Waals surface area contributed by atoms with Crippen molar-refractivity contribution in [2.24, 2.45) is 0 Å². The van der Waals surface area contributed by atoms with E-state index in [9.17, 15) is 14.0 Å². The van der Waals surface area contributed by atoms with Crippen LogP contribution in [0.1, 0.15) is 6.42 Å². The molecule has 0 aliphatic carbocycles. The Morgan fingerprint density at radius 3 is 2.30 bits per heavy atom. The van der Waals surface area contributed by atoms with Gasteiger partial charge < -0.3 is 19.1 Å². The number of ether oxygens (including phenoxy) is 3. The summed E-state index contributed by atoms with van der Waals surface area (Å²) in [5.74, 6) is -0.808. The number of nitrogens with zero attached hydrogens (tertiary/aromatic N) is 1. The normalized spacial score (nSPS) is 17.5. The van der Waals surface area contributed by atoms with Crippen LogP contribution in [0.15, 0.2) is 78.9 Å². The van der Waals surface area contributed by atoms with Gasteiger partial charge in [-0.3, -0.25) is 4.79 Å². The van der Waals surface area contributed by atoms with Crippen LogP contribution in [0.4, 0.5) is 4.39 Å². The molecule has 33 heavy (non-hydrogen) atoms. The Kier molecular flexibility index (Phi) is 6.88. The lowest BCUT2D eigenvalue weighted by Crippen LogP contribution is -2.43. The molecule has 2 atom stereocenters. The van der Waals surface area contributed by atoms with Crippen LogP contribution >= 0.6 is 0 Å². The molecule has 1 saturated heterocycles. The molecule has 1 aliphatic heterocycles. The van der Waals surface area contributed by atoms with Gasteiger partial charge in [0.2, 0.25) is 0 Å². The minimum absolute atomic E-state index is 0.0789. The van der Waals surface area contributed by atoms with Gasteiger partial charge in [0, 0.05) is 6.42 Å². The highest BCUT2D eigenvalue weighted by Crippen LogP contribution is 2.26. The second-order valence-corrected chi connectivity index (χ2v) is 7.67. The third-order valence-electron chi connectivity index (χ3n) is 5.51. The van der Waals surface area contributed by atoms with Gasteiger partial charge >= 0.3 is 5.97 Å². The zero-order valence-corrected chi connectivity index (χ0v) is 18.1. The quantitative estimate of drug-likeness (QED) is 0.509. The molecule has 1 amide bonds. The van der Waals surface area contributed by atoms with E-state index in [4.69, 9.17) is 14.2 Å². The van der Waals surface area contributed by atoms with Gasteiger partial charge in [0.25, 0.3) is 5.91 Å². The van der Waals surface area contributed by atoms with E-state index in [0.717, 1.165) is 11.1 Å². The lowest BCUT2D eigenvalue weighted by Gasteiger charge is -2.22. The summed E-state index contributed by atoms with van der Waals surface area (Å²) in [6.45, 7) is -0.117. The second-order valence-electron chi connectivity index (χ2n) is 7.67. The number of hydrogen-bond donors (Lipinski definition) is 0. The molecule has 0 bridgehead atoms. The maximum absolute atomic E-state index is 13.9. The zero-order valence-electron chi connectivity index (χ0n) is 18.1. The molecule has 2 unspecified atom stereocenters. The van der Waals surface area contributed by atoms with Crippen LogP contribution in [-0.4, -0.2) is 49.2 Å². The van der Waals surface area contributed by atoms with Gasteiger partial charge in [0.05, 0.1) is 13.7 Å². The summed E-state index contributed by atoms with van der Waals surface area (Å²) in [4.78, 5) is 26.5. The van der Waals surface area contributed by atoms with E-state index in [1.165, 1.54) is 24.1 Å². The van der Waals surface area contributed by atoms with Crippen molar-refractivity contribution in [3.63, 3.8) is 0 Å². The van der Waals surface area contributed by atoms with Crippen molar-refractivity contribution >= 4 is 11.9 Å². The highest BCUT2D eigenvalue weighted by atomic mass is 19.1. The summed E-state index contributed by atoms with van der Waals surface area (Å²) in [7, 11) is 1.26. The third-order valence-corrected chi connectivity index (χ3v) is 5.51. The standard InChI is InChI=1S/C26H24FNO5/c1-31-26(30)23-15-21(33-24-10-6-5-9-22(24)27)16-28(23)25(29)17-32-20-13-11-19(12-14-20)18-7-3-2-4-8-18/h2-14,21,23H,15-17H2,1H3. The van der Waals surface area contributed by atoms with E-state index in [1.54, 1.807) is 24.3 Å². The molecule has 1 fully saturated rings. The molecule has 0 spiro atoms. The van der Waals surface area contributed by atoms with Gasteiger partial charge in [0.1, 0.15) is 17.9 Å². The number of rotatable bonds is 7. The summed E-state index contributed by atoms with van der Waals surface area (Å²) in [5.41, 5.74) is 2.12. The summed E-state index contributed by atoms with van der Waals surface area (Å²) < 4.78 is 30.2. The van der Waals surface area contributed by atoms with Gasteiger partial charge in [-0.15, -0.1) is 0 Å². The van der Waals surface area contributed by atoms with Gasteiger partial charge in [0.15, 0.2) is 18.2 Å². The van der Waals surface area contributed by atoms with Crippen LogP contribution in [0.5, 0.6) is 11.5 Å². The number of methoxy groups -OCH3 is 1. The van der Waals surface area contributed by atoms with E-state index in [-0.39, 0.29) is 31.2 Å². The Balaban J connectivity index is 1.39. The Morgan fingerprint density at radius 2 is 1.61 bits per heavy atom. The van der Waals surface area contributed by atoms with Crippen LogP contribution in [0.3, 0.4) is 0 Å². The zero-order chi connectivity index (χ0) is 23.2. The SMILES string of the molecule is COC(=O)C1CC(Oc2ccccc2F)CN1C(=O)COc1ccc(-c2ccccc2)cc1. The topological polar surface area (TPSA) is 65.1 Å². The number of para-hydroxylation sites is 1. The molecule has 1 aliphatic rings. The third kappa shape index (κ3) is 5.31. The van der Waals surface area contributed by atoms with Gasteiger partial charge in [-0.05, 0) is 35.4 Å². The molecule has 0 saturated carbocycles. The lowest BCUT2D eigenvalue weighted by molar-refractivity contribution is -0.151. The smallest absolute Gasteiger partial charge is 0.328 e. The summed E-state index contributed by atoms with van der Waals surface area (Å²) in [5, 5.41) is 0. The molecule has 0 N–H and O–H groups in total. The number of amides is 1. The van der Waals surface area contributed by atoms with Crippen LogP contribution in [0.25, 0.3) is 11.1 Å². The first-order valence-corrected chi connectivity index (χ1v) is 10.6. The van der Waals surface area contributed by atoms with E-state index < -0.39 is 23.9 Å². The fraction of sp³-hybridized carbons (Fsp3) is 0.231. The van der Waals surface area contributed by atoms with Crippen molar-refractivity contribution in [3.05, 3.63) is 84.7 Å². The maximum Gasteiger partial charge on any atom is 0.328 e. The Morgan fingerprint density at radius 1 is 0.939 bits per heavy atom. The monoisotopic (exact) mass is 449 g/mol. The van der Waals surface area contributed by atoms with Crippen molar-refractivity contribution in [1.82, 2.24) is 4.90 Å². The minimum Gasteiger partial charge on any atom is -0.485 e. The van der Waals surface area contributed by atoms with Crippen molar-refractivity contribution in [1.29, 1.82) is 0 Å². The number of benzene rings is 3. The Bertz CT molecular complexity index is 1100. The molecule has 0 aromatic heterocycles. The average Bonchev–Trinajstić information content (AvgIpc) is 3.28. The molecular weight excluding hydrogens is 425 g/mol. The number of likely N-dealkylation sites (tertiary alicyclic amines) is 1. The largest absolute Gasteiger partial charge is 0.485 e. The molecule has 3 aromatic rings. The molecule has 7 heteroatoms. The fourth-order valence-electron chi connectivity index (χ4n) is 3.84. The molecule has 170 valence electrons. The predicted octanol–water partition coefficient (Wildman–Crippen LogP) is 4.09. The summed E-state index contributed by atoms with van der Waals surface area (Å²) >= 11 is 0. The molecule has 0 radical (unpaired) electrons. The maximum atomic E-state index is 13.9. The molecule has 4 rings (SSSR count). The average molecular weight is 449 g/mol. The number of carbonyl (C=O) groups is 2. The Labute approximate surface area is 191 Å². The summed E-state index contributed by atoms with van der Waals surface area (Å²) in [6, 6.07) is 22.5. The lowest BCUT2D eigenvalue weighted by atomic mass is 10.1. The number of carbonyl (C=O) groups excluding carboxylic acids is 2. The van der Waals surface area contributed by atoms with Crippen molar-refractivity contribution in [2.45, 2.75) is 18.6 Å². The van der Waals surface area contributed by atoms with Crippen LogP contribution in [-0.2, 0) is 14.3 Å². The van der Waals surface area contributed by atoms with Crippen LogP contribution in [0, 0.1) is 5.82 Å². The van der Waals surface area contributed by atoms with Crippen molar-refractivity contribution < 1.29 is 28.2 Å². The predicted molar refractivity (Wildman–Crippen MR) is 120 cm³/mol. The van der Waals surface area contributed by atoms with Crippen LogP contribution < -0.4 is 9.47 Å². The first kappa shape index (κ1) is 22.3. The van der Waals surface area contributed by atoms with Crippen molar-refractivity contribution in [2.75, 3.05) is 20.3 Å². The highest BCUT2D eigenvalue weighted by molar-refractivity contribution is 5.86. The molecule has 3 aromatic carbocycles. The number of esters is 1. The molecule has 6 nitrogen and oxygen atoms in total. The molecular formula is C26H24FNO5. The van der Waals surface area contributed by atoms with Gasteiger partial charge in [-0.2, -0.15) is 0 Å². The van der Waals surface area contributed by atoms with E-state index in [1.807, 2.05) is 42.5 Å². The van der Waals surface area contributed by atoms with Crippen molar-refractivity contribution in [3.8, 4) is 22.6 Å². The molecule has 1 heterocycles. The highest BCUT2D eigenvalue weighted by Gasteiger charge is 2.41. The van der Waals surface area contributed by atoms with E-state index >= 15 is 0 Å². The van der Waals surface area contributed by atoms with E-state index in [2.05, 4.69) is 0 Å². The van der Waals surface area contributed by atoms with Gasteiger partial charge in [-0.25, -0.2) is 9.18 Å². The van der Waals surface area contributed by atoms with E-state index in [0.29, 0.717) is 5.75 Å². The van der Waals surface area contributed by atoms with Gasteiger partial charge in [-0.1, -0.05) is 54.6 Å². The Hall–Kier alpha value is -3.87. The minimum atomic E-state index is -0.816. The van der Waals surface area contributed by atoms with Crippen LogP contribution in [0.2, 0.25) is 0 Å². The first-order chi connectivity index (χ1) is 16.0. The first-order valence-electron chi connectivity index (χ1n) is 10.6. The number of hydrogen-bond acceptors (Lipinski definition) is 5. The number of halogens is 1. The fourth-order valence-corrected chi connectivity index (χ4v) is 3.84. The second kappa shape index (κ2) is 10.2.